The van der Waals surface area contributed by atoms with E-state index >= 15 is 0 Å². The van der Waals surface area contributed by atoms with E-state index in [1.165, 1.54) is 0 Å². The number of H-pyrrole nitrogens is 1. The Morgan fingerprint density at radius 3 is 2.64 bits per heavy atom. The number of hydrogen-bond acceptors (Lipinski definition) is 5. The van der Waals surface area contributed by atoms with Gasteiger partial charge in [0, 0.05) is 23.6 Å². The topological polar surface area (TPSA) is 92.2 Å². The van der Waals surface area contributed by atoms with Crippen LogP contribution in [0.5, 0.6) is 0 Å². The summed E-state index contributed by atoms with van der Waals surface area (Å²) in [6.07, 6.45) is 1.20. The van der Waals surface area contributed by atoms with Gasteiger partial charge in [-0.15, -0.1) is 5.10 Å². The van der Waals surface area contributed by atoms with Crippen LogP contribution in [0.1, 0.15) is 49.6 Å². The summed E-state index contributed by atoms with van der Waals surface area (Å²) in [5.41, 5.74) is 2.62. The number of anilines is 1. The first-order chi connectivity index (χ1) is 13.3. The highest BCUT2D eigenvalue weighted by Crippen LogP contribution is 2.47. The number of carbonyl (C=O) groups excluding carboxylic acids is 1. The van der Waals surface area contributed by atoms with Gasteiger partial charge < -0.3 is 5.32 Å². The second-order valence-electron chi connectivity index (χ2n) is 8.41. The SMILES string of the molecule is Cc1nc2[nH]c(=O)c3c(n2n1)NC1=C(C(=O)CC(C)(C)C1)[C@@H]3c1ccccc1. The molecule has 0 saturated heterocycles. The molecule has 3 heterocycles. The highest BCUT2D eigenvalue weighted by molar-refractivity contribution is 6.01. The van der Waals surface area contributed by atoms with Crippen molar-refractivity contribution in [3.63, 3.8) is 0 Å². The number of benzene rings is 1. The van der Waals surface area contributed by atoms with Gasteiger partial charge in [0.25, 0.3) is 5.56 Å². The predicted octanol–water partition coefficient (Wildman–Crippen LogP) is 2.93. The lowest BCUT2D eigenvalue weighted by Crippen LogP contribution is -2.37. The Kier molecular flexibility index (Phi) is 3.41. The van der Waals surface area contributed by atoms with E-state index in [0.29, 0.717) is 35.0 Å². The van der Waals surface area contributed by atoms with E-state index in [0.717, 1.165) is 17.7 Å². The number of Topliss-reactive ketones (excluding diaryl/α,β-unsaturated/α-hetero) is 1. The van der Waals surface area contributed by atoms with E-state index < -0.39 is 5.92 Å². The van der Waals surface area contributed by atoms with Crippen LogP contribution in [0.15, 0.2) is 46.4 Å². The lowest BCUT2D eigenvalue weighted by atomic mass is 9.69. The van der Waals surface area contributed by atoms with Crippen LogP contribution in [0, 0.1) is 12.3 Å². The molecule has 1 atom stereocenters. The fourth-order valence-electron chi connectivity index (χ4n) is 4.48. The molecule has 0 spiro atoms. The van der Waals surface area contributed by atoms with Crippen LogP contribution in [-0.4, -0.2) is 25.4 Å². The summed E-state index contributed by atoms with van der Waals surface area (Å²) in [5, 5.41) is 7.84. The second-order valence-corrected chi connectivity index (χ2v) is 8.41. The molecule has 2 aromatic heterocycles. The van der Waals surface area contributed by atoms with Crippen LogP contribution < -0.4 is 10.9 Å². The Morgan fingerprint density at radius 2 is 1.89 bits per heavy atom. The van der Waals surface area contributed by atoms with E-state index in [-0.39, 0.29) is 16.8 Å². The third-order valence-electron chi connectivity index (χ3n) is 5.55. The largest absolute Gasteiger partial charge is 0.343 e. The summed E-state index contributed by atoms with van der Waals surface area (Å²) in [4.78, 5) is 33.4. The molecule has 7 heteroatoms. The first kappa shape index (κ1) is 16.9. The van der Waals surface area contributed by atoms with Crippen molar-refractivity contribution in [2.45, 2.75) is 39.5 Å². The van der Waals surface area contributed by atoms with Gasteiger partial charge >= 0.3 is 0 Å². The molecule has 2 aliphatic rings. The normalized spacial score (nSPS) is 20.7. The van der Waals surface area contributed by atoms with Gasteiger partial charge in [0.1, 0.15) is 11.6 Å². The minimum absolute atomic E-state index is 0.0903. The summed E-state index contributed by atoms with van der Waals surface area (Å²) in [7, 11) is 0. The number of aryl methyl sites for hydroxylation is 1. The van der Waals surface area contributed by atoms with Gasteiger partial charge in [-0.1, -0.05) is 44.2 Å². The predicted molar refractivity (Wildman–Crippen MR) is 105 cm³/mol. The summed E-state index contributed by atoms with van der Waals surface area (Å²) >= 11 is 0. The maximum Gasteiger partial charge on any atom is 0.258 e. The Balaban J connectivity index is 1.85. The average Bonchev–Trinajstić information content (AvgIpc) is 3.00. The number of aromatic nitrogens is 4. The Bertz CT molecular complexity index is 1220. The molecule has 1 aliphatic heterocycles. The maximum absolute atomic E-state index is 13.2. The first-order valence-corrected chi connectivity index (χ1v) is 9.42. The third-order valence-corrected chi connectivity index (χ3v) is 5.55. The van der Waals surface area contributed by atoms with Gasteiger partial charge in [-0.25, -0.2) is 0 Å². The lowest BCUT2D eigenvalue weighted by Gasteiger charge is -2.38. The minimum atomic E-state index is -0.422. The van der Waals surface area contributed by atoms with Gasteiger partial charge in [0.05, 0.1) is 5.56 Å². The Labute approximate surface area is 161 Å². The molecule has 28 heavy (non-hydrogen) atoms. The monoisotopic (exact) mass is 375 g/mol. The zero-order valence-corrected chi connectivity index (χ0v) is 16.0. The Hall–Kier alpha value is -3.22. The minimum Gasteiger partial charge on any atom is -0.343 e. The molecule has 0 fully saturated rings. The third kappa shape index (κ3) is 2.42. The summed E-state index contributed by atoms with van der Waals surface area (Å²) in [6.45, 7) is 5.97. The molecule has 0 saturated carbocycles. The van der Waals surface area contributed by atoms with Gasteiger partial charge in [0.2, 0.25) is 5.78 Å². The number of hydrogen-bond donors (Lipinski definition) is 2. The number of fused-ring (bicyclic) bond motifs is 3. The van der Waals surface area contributed by atoms with Gasteiger partial charge in [-0.05, 0) is 24.3 Å². The fourth-order valence-corrected chi connectivity index (χ4v) is 4.48. The van der Waals surface area contributed by atoms with E-state index in [2.05, 4.69) is 34.2 Å². The van der Waals surface area contributed by atoms with E-state index in [9.17, 15) is 9.59 Å². The zero-order chi connectivity index (χ0) is 19.6. The molecule has 0 unspecified atom stereocenters. The highest BCUT2D eigenvalue weighted by Gasteiger charge is 2.42. The quantitative estimate of drug-likeness (QED) is 0.682. The van der Waals surface area contributed by atoms with Crippen molar-refractivity contribution in [3.8, 4) is 0 Å². The van der Waals surface area contributed by atoms with E-state index in [1.807, 2.05) is 30.3 Å². The molecule has 142 valence electrons. The number of nitrogens with one attached hydrogen (secondary N) is 2. The second kappa shape index (κ2) is 5.64. The number of allylic oxidation sites excluding steroid dienone is 2. The van der Waals surface area contributed by atoms with Crippen LogP contribution in [0.2, 0.25) is 0 Å². The van der Waals surface area contributed by atoms with Crippen molar-refractivity contribution in [2.24, 2.45) is 5.41 Å². The van der Waals surface area contributed by atoms with Crippen molar-refractivity contribution < 1.29 is 4.79 Å². The van der Waals surface area contributed by atoms with Crippen molar-refractivity contribution in [1.82, 2.24) is 19.6 Å². The number of carbonyl (C=O) groups is 1. The number of rotatable bonds is 1. The highest BCUT2D eigenvalue weighted by atomic mass is 16.1. The summed E-state index contributed by atoms with van der Waals surface area (Å²) < 4.78 is 1.64. The van der Waals surface area contributed by atoms with E-state index in [4.69, 9.17) is 0 Å². The molecular formula is C21H21N5O2. The standard InChI is InChI=1S/C21H21N5O2/c1-11-22-20-24-19(28)17-15(12-7-5-4-6-8-12)16-13(23-18(17)26(20)25-11)9-21(2,3)10-14(16)27/h4-8,15,23H,9-10H2,1-3H3,(H,22,24,25,28)/t15-/m0/s1. The molecule has 7 nitrogen and oxygen atoms in total. The van der Waals surface area contributed by atoms with Crippen molar-refractivity contribution in [1.29, 1.82) is 0 Å². The van der Waals surface area contributed by atoms with Crippen LogP contribution in [0.3, 0.4) is 0 Å². The number of aromatic amines is 1. The maximum atomic E-state index is 13.2. The van der Waals surface area contributed by atoms with Crippen molar-refractivity contribution in [3.05, 3.63) is 68.9 Å². The molecule has 1 aromatic carbocycles. The van der Waals surface area contributed by atoms with Gasteiger partial charge in [-0.2, -0.15) is 9.50 Å². The fraction of sp³-hybridized carbons (Fsp3) is 0.333. The van der Waals surface area contributed by atoms with Crippen LogP contribution in [-0.2, 0) is 4.79 Å². The molecule has 0 amide bonds. The van der Waals surface area contributed by atoms with E-state index in [1.54, 1.807) is 11.4 Å². The van der Waals surface area contributed by atoms with Gasteiger partial charge in [-0.3, -0.25) is 14.6 Å². The summed E-state index contributed by atoms with van der Waals surface area (Å²) in [5.74, 6) is 1.23. The van der Waals surface area contributed by atoms with Crippen LogP contribution in [0.4, 0.5) is 5.82 Å². The molecule has 3 aromatic rings. The smallest absolute Gasteiger partial charge is 0.258 e. The lowest BCUT2D eigenvalue weighted by molar-refractivity contribution is -0.118. The number of nitrogens with zero attached hydrogens (tertiary/aromatic N) is 3. The summed E-state index contributed by atoms with van der Waals surface area (Å²) in [6, 6.07) is 9.73. The molecule has 0 radical (unpaired) electrons. The van der Waals surface area contributed by atoms with Gasteiger partial charge in [0.15, 0.2) is 5.78 Å². The Morgan fingerprint density at radius 1 is 1.14 bits per heavy atom. The molecule has 5 rings (SSSR count). The molecule has 0 bridgehead atoms. The molecule has 2 N–H and O–H groups in total. The molecule has 1 aliphatic carbocycles. The van der Waals surface area contributed by atoms with Crippen molar-refractivity contribution in [2.75, 3.05) is 5.32 Å². The number of ketones is 1. The first-order valence-electron chi connectivity index (χ1n) is 9.42. The van der Waals surface area contributed by atoms with Crippen LogP contribution in [0.25, 0.3) is 5.78 Å². The van der Waals surface area contributed by atoms with Crippen LogP contribution >= 0.6 is 0 Å². The van der Waals surface area contributed by atoms with Crippen molar-refractivity contribution >= 4 is 17.4 Å². The average molecular weight is 375 g/mol. The molecular weight excluding hydrogens is 354 g/mol. The zero-order valence-electron chi connectivity index (χ0n) is 16.0.